The van der Waals surface area contributed by atoms with E-state index in [2.05, 4.69) is 0 Å². The van der Waals surface area contributed by atoms with Crippen molar-refractivity contribution in [3.63, 3.8) is 0 Å². The topological polar surface area (TPSA) is 35.2 Å². The third kappa shape index (κ3) is 3.12. The minimum atomic E-state index is -4.47. The summed E-state index contributed by atoms with van der Waals surface area (Å²) in [5.74, 6) is 0.305. The van der Waals surface area contributed by atoms with Gasteiger partial charge in [-0.2, -0.15) is 13.2 Å². The van der Waals surface area contributed by atoms with E-state index in [1.54, 1.807) is 6.07 Å². The number of methoxy groups -OCH3 is 1. The summed E-state index contributed by atoms with van der Waals surface area (Å²) in [6, 6.07) is 2.71. The molecule has 0 aliphatic carbocycles. The van der Waals surface area contributed by atoms with Gasteiger partial charge in [0.25, 0.3) is 0 Å². The van der Waals surface area contributed by atoms with Crippen molar-refractivity contribution in [1.29, 1.82) is 0 Å². The largest absolute Gasteiger partial charge is 0.496 e. The van der Waals surface area contributed by atoms with Gasteiger partial charge >= 0.3 is 6.18 Å². The second-order valence-corrected chi connectivity index (χ2v) is 4.18. The maximum atomic E-state index is 12.6. The van der Waals surface area contributed by atoms with Gasteiger partial charge in [0.15, 0.2) is 0 Å². The van der Waals surface area contributed by atoms with Crippen LogP contribution < -0.4 is 10.5 Å². The fourth-order valence-corrected chi connectivity index (χ4v) is 1.53. The van der Waals surface area contributed by atoms with E-state index in [4.69, 9.17) is 10.5 Å². The number of halogens is 3. The van der Waals surface area contributed by atoms with Crippen LogP contribution in [0, 0.1) is 0 Å². The molecule has 0 amide bonds. The Morgan fingerprint density at radius 3 is 2.24 bits per heavy atom. The monoisotopic (exact) mass is 247 g/mol. The van der Waals surface area contributed by atoms with E-state index >= 15 is 0 Å². The molecular formula is C12H16F3NO. The average molecular weight is 247 g/mol. The molecule has 0 saturated carbocycles. The Balaban J connectivity index is 3.23. The van der Waals surface area contributed by atoms with Gasteiger partial charge in [-0.25, -0.2) is 0 Å². The van der Waals surface area contributed by atoms with Crippen LogP contribution in [0.1, 0.15) is 36.9 Å². The van der Waals surface area contributed by atoms with E-state index in [9.17, 15) is 13.2 Å². The predicted octanol–water partition coefficient (Wildman–Crippen LogP) is 3.38. The Hall–Kier alpha value is -1.23. The highest BCUT2D eigenvalue weighted by Gasteiger charge is 2.39. The molecule has 96 valence electrons. The van der Waals surface area contributed by atoms with Crippen LogP contribution in [-0.4, -0.2) is 13.3 Å². The van der Waals surface area contributed by atoms with Gasteiger partial charge in [0.05, 0.1) is 7.11 Å². The highest BCUT2D eigenvalue weighted by molar-refractivity contribution is 5.41. The zero-order chi connectivity index (χ0) is 13.2. The first kappa shape index (κ1) is 13.8. The minimum absolute atomic E-state index is 0.0220. The lowest BCUT2D eigenvalue weighted by Gasteiger charge is -2.20. The summed E-state index contributed by atoms with van der Waals surface area (Å²) in [6.07, 6.45) is -4.47. The summed E-state index contributed by atoms with van der Waals surface area (Å²) in [7, 11) is 1.33. The number of nitrogens with two attached hydrogens (primary N) is 1. The van der Waals surface area contributed by atoms with Gasteiger partial charge in [0, 0.05) is 5.56 Å². The van der Waals surface area contributed by atoms with E-state index in [0.29, 0.717) is 0 Å². The number of alkyl halides is 3. The van der Waals surface area contributed by atoms with Gasteiger partial charge in [-0.15, -0.1) is 0 Å². The van der Waals surface area contributed by atoms with E-state index in [1.165, 1.54) is 19.2 Å². The summed E-state index contributed by atoms with van der Waals surface area (Å²) in [5, 5.41) is 0. The Bertz CT molecular complexity index is 388. The molecule has 0 fully saturated rings. The zero-order valence-corrected chi connectivity index (χ0v) is 10.0. The van der Waals surface area contributed by atoms with Crippen molar-refractivity contribution in [2.24, 2.45) is 5.73 Å². The number of hydrogen-bond acceptors (Lipinski definition) is 2. The Labute approximate surface area is 98.6 Å². The summed E-state index contributed by atoms with van der Waals surface area (Å²) in [5.41, 5.74) is 6.00. The molecule has 0 bridgehead atoms. The second-order valence-electron chi connectivity index (χ2n) is 4.18. The van der Waals surface area contributed by atoms with Gasteiger partial charge < -0.3 is 10.5 Å². The van der Waals surface area contributed by atoms with Crippen LogP contribution in [0.25, 0.3) is 0 Å². The SMILES string of the molecule is COc1ccc(C(C)C)cc1[C@@H](N)C(F)(F)F. The third-order valence-electron chi connectivity index (χ3n) is 2.61. The Kier molecular flexibility index (Phi) is 4.03. The van der Waals surface area contributed by atoms with Crippen LogP contribution in [0.2, 0.25) is 0 Å². The molecule has 0 aliphatic rings. The zero-order valence-electron chi connectivity index (χ0n) is 10.0. The highest BCUT2D eigenvalue weighted by atomic mass is 19.4. The van der Waals surface area contributed by atoms with E-state index in [0.717, 1.165) is 5.56 Å². The van der Waals surface area contributed by atoms with Gasteiger partial charge in [0.2, 0.25) is 0 Å². The van der Waals surface area contributed by atoms with Gasteiger partial charge in [0.1, 0.15) is 11.8 Å². The normalized spacial score (nSPS) is 13.9. The molecule has 1 rings (SSSR count). The standard InChI is InChI=1S/C12H16F3NO/c1-7(2)8-4-5-10(17-3)9(6-8)11(16)12(13,14)15/h4-7,11H,16H2,1-3H3/t11-/m1/s1. The second kappa shape index (κ2) is 4.96. The first-order chi connectivity index (χ1) is 7.77. The van der Waals surface area contributed by atoms with Crippen LogP contribution in [0.3, 0.4) is 0 Å². The van der Waals surface area contributed by atoms with Crippen molar-refractivity contribution in [2.75, 3.05) is 7.11 Å². The Morgan fingerprint density at radius 2 is 1.82 bits per heavy atom. The van der Waals surface area contributed by atoms with E-state index in [1.807, 2.05) is 13.8 Å². The van der Waals surface area contributed by atoms with E-state index < -0.39 is 12.2 Å². The lowest BCUT2D eigenvalue weighted by molar-refractivity contribution is -0.149. The van der Waals surface area contributed by atoms with E-state index in [-0.39, 0.29) is 17.2 Å². The molecule has 0 spiro atoms. The summed E-state index contributed by atoms with van der Waals surface area (Å²) in [6.45, 7) is 3.81. The molecule has 1 atom stereocenters. The van der Waals surface area contributed by atoms with Crippen molar-refractivity contribution in [2.45, 2.75) is 32.0 Å². The van der Waals surface area contributed by atoms with Crippen molar-refractivity contribution in [3.05, 3.63) is 29.3 Å². The molecule has 2 N–H and O–H groups in total. The maximum absolute atomic E-state index is 12.6. The average Bonchev–Trinajstić information content (AvgIpc) is 2.25. The van der Waals surface area contributed by atoms with Crippen molar-refractivity contribution in [1.82, 2.24) is 0 Å². The molecule has 0 saturated heterocycles. The van der Waals surface area contributed by atoms with Gasteiger partial charge in [-0.05, 0) is 23.6 Å². The highest BCUT2D eigenvalue weighted by Crippen LogP contribution is 2.36. The lowest BCUT2D eigenvalue weighted by Crippen LogP contribution is -2.29. The third-order valence-corrected chi connectivity index (χ3v) is 2.61. The van der Waals surface area contributed by atoms with Crippen LogP contribution >= 0.6 is 0 Å². The van der Waals surface area contributed by atoms with Gasteiger partial charge in [-0.3, -0.25) is 0 Å². The molecular weight excluding hydrogens is 231 g/mol. The van der Waals surface area contributed by atoms with Crippen molar-refractivity contribution in [3.8, 4) is 5.75 Å². The maximum Gasteiger partial charge on any atom is 0.407 e. The molecule has 0 radical (unpaired) electrons. The fraction of sp³-hybridized carbons (Fsp3) is 0.500. The first-order valence-electron chi connectivity index (χ1n) is 5.27. The summed E-state index contributed by atoms with van der Waals surface area (Å²) < 4.78 is 42.7. The van der Waals surface area contributed by atoms with Crippen LogP contribution in [0.5, 0.6) is 5.75 Å². The number of benzene rings is 1. The lowest BCUT2D eigenvalue weighted by atomic mass is 9.97. The molecule has 1 aromatic rings. The molecule has 0 unspecified atom stereocenters. The molecule has 17 heavy (non-hydrogen) atoms. The molecule has 0 heterocycles. The molecule has 1 aromatic carbocycles. The number of rotatable bonds is 3. The fourth-order valence-electron chi connectivity index (χ4n) is 1.53. The van der Waals surface area contributed by atoms with Crippen LogP contribution in [0.4, 0.5) is 13.2 Å². The molecule has 0 aliphatic heterocycles. The first-order valence-corrected chi connectivity index (χ1v) is 5.27. The summed E-state index contributed by atoms with van der Waals surface area (Å²) >= 11 is 0. The Morgan fingerprint density at radius 1 is 1.24 bits per heavy atom. The van der Waals surface area contributed by atoms with Crippen molar-refractivity contribution >= 4 is 0 Å². The van der Waals surface area contributed by atoms with Crippen LogP contribution in [0.15, 0.2) is 18.2 Å². The molecule has 2 nitrogen and oxygen atoms in total. The number of hydrogen-bond donors (Lipinski definition) is 1. The molecule has 5 heteroatoms. The van der Waals surface area contributed by atoms with Crippen LogP contribution in [-0.2, 0) is 0 Å². The summed E-state index contributed by atoms with van der Waals surface area (Å²) in [4.78, 5) is 0. The smallest absolute Gasteiger partial charge is 0.407 e. The predicted molar refractivity (Wildman–Crippen MR) is 60.1 cm³/mol. The molecule has 0 aromatic heterocycles. The minimum Gasteiger partial charge on any atom is -0.496 e. The number of ether oxygens (including phenoxy) is 1. The van der Waals surface area contributed by atoms with Gasteiger partial charge in [-0.1, -0.05) is 19.9 Å². The quantitative estimate of drug-likeness (QED) is 0.888. The van der Waals surface area contributed by atoms with Crippen molar-refractivity contribution < 1.29 is 17.9 Å².